The SMILES string of the molecule is CCC/C(=C\c1ccc(CO)o1)CC[C@@H](O)C1=C(C(C)C)C[C@H]2C(=O)N(C)C(=O)[C@H]2[C@H]1CO. The van der Waals surface area contributed by atoms with Crippen molar-refractivity contribution in [2.24, 2.45) is 23.7 Å². The number of hydrogen-bond acceptors (Lipinski definition) is 6. The van der Waals surface area contributed by atoms with Crippen LogP contribution in [0.5, 0.6) is 0 Å². The van der Waals surface area contributed by atoms with E-state index in [4.69, 9.17) is 4.42 Å². The Hall–Kier alpha value is -2.22. The lowest BCUT2D eigenvalue weighted by molar-refractivity contribution is -0.138. The standard InChI is InChI=1S/C26H37NO6/c1-5-6-16(11-17-8-9-18(13-28)33-17)7-10-22(30)23-19(15(2)3)12-20-24(21(23)14-29)26(32)27(4)25(20)31/h8-9,11,15,20-22,24,28-30H,5-7,10,12-14H2,1-4H3/b16-11+/t20-,21+,22-,24-/m1/s1. The maximum absolute atomic E-state index is 12.8. The molecule has 0 aromatic carbocycles. The quantitative estimate of drug-likeness (QED) is 0.366. The number of likely N-dealkylation sites (tertiary alicyclic amines) is 1. The summed E-state index contributed by atoms with van der Waals surface area (Å²) >= 11 is 0. The van der Waals surface area contributed by atoms with Crippen molar-refractivity contribution in [3.05, 3.63) is 40.4 Å². The van der Waals surface area contributed by atoms with Crippen molar-refractivity contribution in [3.8, 4) is 0 Å². The highest BCUT2D eigenvalue weighted by Crippen LogP contribution is 2.47. The first kappa shape index (κ1) is 25.4. The molecule has 0 bridgehead atoms. The first-order chi connectivity index (χ1) is 15.7. The van der Waals surface area contributed by atoms with Gasteiger partial charge in [-0.3, -0.25) is 14.5 Å². The molecule has 1 saturated heterocycles. The summed E-state index contributed by atoms with van der Waals surface area (Å²) in [5.74, 6) is -0.784. The van der Waals surface area contributed by atoms with Crippen molar-refractivity contribution in [2.75, 3.05) is 13.7 Å². The number of fused-ring (bicyclic) bond motifs is 1. The lowest BCUT2D eigenvalue weighted by atomic mass is 9.66. The van der Waals surface area contributed by atoms with Crippen LogP contribution in [0.15, 0.2) is 33.3 Å². The molecule has 3 N–H and O–H groups in total. The van der Waals surface area contributed by atoms with Crippen LogP contribution in [-0.4, -0.2) is 51.8 Å². The van der Waals surface area contributed by atoms with E-state index in [1.807, 2.05) is 26.0 Å². The molecule has 0 spiro atoms. The minimum absolute atomic E-state index is 0.101. The monoisotopic (exact) mass is 459 g/mol. The zero-order valence-electron chi connectivity index (χ0n) is 20.1. The van der Waals surface area contributed by atoms with Crippen LogP contribution in [0.1, 0.15) is 64.4 Å². The second-order valence-electron chi connectivity index (χ2n) is 9.57. The Morgan fingerprint density at radius 3 is 2.52 bits per heavy atom. The predicted molar refractivity (Wildman–Crippen MR) is 125 cm³/mol. The average Bonchev–Trinajstić information content (AvgIpc) is 3.34. The number of carbonyl (C=O) groups excluding carboxylic acids is 2. The van der Waals surface area contributed by atoms with Crippen LogP contribution in [0.25, 0.3) is 6.08 Å². The van der Waals surface area contributed by atoms with Gasteiger partial charge in [0.15, 0.2) is 0 Å². The molecule has 1 aliphatic carbocycles. The number of imide groups is 1. The normalized spacial score (nSPS) is 24.8. The molecular formula is C26H37NO6. The van der Waals surface area contributed by atoms with Gasteiger partial charge in [-0.2, -0.15) is 0 Å². The number of amides is 2. The van der Waals surface area contributed by atoms with Crippen LogP contribution in [0.4, 0.5) is 0 Å². The number of aliphatic hydroxyl groups is 3. The van der Waals surface area contributed by atoms with E-state index in [2.05, 4.69) is 6.92 Å². The summed E-state index contributed by atoms with van der Waals surface area (Å²) in [4.78, 5) is 26.6. The van der Waals surface area contributed by atoms with Gasteiger partial charge >= 0.3 is 0 Å². The second-order valence-corrected chi connectivity index (χ2v) is 9.57. The summed E-state index contributed by atoms with van der Waals surface area (Å²) < 4.78 is 5.59. The van der Waals surface area contributed by atoms with Crippen molar-refractivity contribution < 1.29 is 29.3 Å². The van der Waals surface area contributed by atoms with Gasteiger partial charge in [0.25, 0.3) is 0 Å². The van der Waals surface area contributed by atoms with Crippen LogP contribution in [0, 0.1) is 23.7 Å². The number of hydrogen-bond donors (Lipinski definition) is 3. The largest absolute Gasteiger partial charge is 0.459 e. The van der Waals surface area contributed by atoms with Gasteiger partial charge in [0.2, 0.25) is 11.8 Å². The van der Waals surface area contributed by atoms with E-state index in [0.29, 0.717) is 30.8 Å². The number of nitrogens with zero attached hydrogens (tertiary/aromatic N) is 1. The van der Waals surface area contributed by atoms with E-state index in [9.17, 15) is 24.9 Å². The minimum Gasteiger partial charge on any atom is -0.459 e. The topological polar surface area (TPSA) is 111 Å². The summed E-state index contributed by atoms with van der Waals surface area (Å²) in [6.07, 6.45) is 4.50. The Morgan fingerprint density at radius 1 is 1.21 bits per heavy atom. The zero-order valence-corrected chi connectivity index (χ0v) is 20.1. The molecule has 0 radical (unpaired) electrons. The fraction of sp³-hybridized carbons (Fsp3) is 0.615. The fourth-order valence-electron chi connectivity index (χ4n) is 5.43. The highest BCUT2D eigenvalue weighted by atomic mass is 16.4. The van der Waals surface area contributed by atoms with Gasteiger partial charge in [-0.1, -0.05) is 38.3 Å². The molecule has 2 amide bonds. The number of allylic oxidation sites excluding steroid dienone is 2. The number of rotatable bonds is 10. The molecule has 2 heterocycles. The first-order valence-electron chi connectivity index (χ1n) is 12.0. The Balaban J connectivity index is 1.85. The number of carbonyl (C=O) groups is 2. The zero-order chi connectivity index (χ0) is 24.3. The molecule has 7 nitrogen and oxygen atoms in total. The van der Waals surface area contributed by atoms with Gasteiger partial charge in [0.05, 0.1) is 24.5 Å². The Bertz CT molecular complexity index is 927. The Labute approximate surface area is 195 Å². The predicted octanol–water partition coefficient (Wildman–Crippen LogP) is 3.29. The summed E-state index contributed by atoms with van der Waals surface area (Å²) in [7, 11) is 1.50. The molecule has 2 aliphatic rings. The molecule has 0 unspecified atom stereocenters. The van der Waals surface area contributed by atoms with Crippen molar-refractivity contribution in [3.63, 3.8) is 0 Å². The molecule has 3 rings (SSSR count). The smallest absolute Gasteiger partial charge is 0.233 e. The maximum Gasteiger partial charge on any atom is 0.233 e. The van der Waals surface area contributed by atoms with Crippen molar-refractivity contribution in [1.29, 1.82) is 0 Å². The lowest BCUT2D eigenvalue weighted by Crippen LogP contribution is -2.39. The van der Waals surface area contributed by atoms with E-state index < -0.39 is 23.9 Å². The molecule has 33 heavy (non-hydrogen) atoms. The van der Waals surface area contributed by atoms with E-state index in [1.165, 1.54) is 11.9 Å². The van der Waals surface area contributed by atoms with E-state index in [1.54, 1.807) is 6.07 Å². The molecule has 7 heteroatoms. The highest BCUT2D eigenvalue weighted by molar-refractivity contribution is 6.05. The third-order valence-electron chi connectivity index (χ3n) is 7.09. The van der Waals surface area contributed by atoms with Crippen LogP contribution in [-0.2, 0) is 16.2 Å². The van der Waals surface area contributed by atoms with Crippen LogP contribution >= 0.6 is 0 Å². The number of furan rings is 1. The van der Waals surface area contributed by atoms with Gasteiger partial charge in [-0.25, -0.2) is 0 Å². The van der Waals surface area contributed by atoms with Gasteiger partial charge < -0.3 is 19.7 Å². The van der Waals surface area contributed by atoms with E-state index >= 15 is 0 Å². The van der Waals surface area contributed by atoms with Gasteiger partial charge in [0.1, 0.15) is 18.1 Å². The van der Waals surface area contributed by atoms with Crippen LogP contribution in [0.2, 0.25) is 0 Å². The summed E-state index contributed by atoms with van der Waals surface area (Å²) in [6, 6.07) is 3.56. The molecule has 4 atom stereocenters. The summed E-state index contributed by atoms with van der Waals surface area (Å²) in [5, 5.41) is 30.8. The Kier molecular flexibility index (Phi) is 8.32. The van der Waals surface area contributed by atoms with Gasteiger partial charge in [-0.05, 0) is 55.4 Å². The maximum atomic E-state index is 12.8. The Morgan fingerprint density at radius 2 is 1.94 bits per heavy atom. The second kappa shape index (κ2) is 10.8. The molecule has 182 valence electrons. The van der Waals surface area contributed by atoms with Crippen LogP contribution in [0.3, 0.4) is 0 Å². The summed E-state index contributed by atoms with van der Waals surface area (Å²) in [5.41, 5.74) is 2.85. The molecular weight excluding hydrogens is 422 g/mol. The molecule has 1 aromatic rings. The molecule has 0 saturated carbocycles. The van der Waals surface area contributed by atoms with Gasteiger partial charge in [0, 0.05) is 13.0 Å². The highest BCUT2D eigenvalue weighted by Gasteiger charge is 2.53. The molecule has 1 aromatic heterocycles. The van der Waals surface area contributed by atoms with Crippen LogP contribution < -0.4 is 0 Å². The van der Waals surface area contributed by atoms with Gasteiger partial charge in [-0.15, -0.1) is 0 Å². The van der Waals surface area contributed by atoms with E-state index in [0.717, 1.165) is 29.6 Å². The third-order valence-corrected chi connectivity index (χ3v) is 7.09. The average molecular weight is 460 g/mol. The first-order valence-corrected chi connectivity index (χ1v) is 12.0. The van der Waals surface area contributed by atoms with Crippen molar-refractivity contribution in [1.82, 2.24) is 4.90 Å². The minimum atomic E-state index is -0.806. The van der Waals surface area contributed by atoms with Crippen molar-refractivity contribution in [2.45, 2.75) is 65.6 Å². The molecule has 1 aliphatic heterocycles. The van der Waals surface area contributed by atoms with Crippen molar-refractivity contribution >= 4 is 17.9 Å². The third kappa shape index (κ3) is 5.15. The number of aliphatic hydroxyl groups excluding tert-OH is 3. The van der Waals surface area contributed by atoms with E-state index in [-0.39, 0.29) is 30.9 Å². The fourth-order valence-corrected chi connectivity index (χ4v) is 5.43. The summed E-state index contributed by atoms with van der Waals surface area (Å²) in [6.45, 7) is 5.72. The lowest BCUT2D eigenvalue weighted by Gasteiger charge is -2.38. The molecule has 1 fully saturated rings.